The fourth-order valence-electron chi connectivity index (χ4n) is 0.204. The summed E-state index contributed by atoms with van der Waals surface area (Å²) in [5.41, 5.74) is 1.47. The molecule has 0 bridgehead atoms. The van der Waals surface area contributed by atoms with Crippen LogP contribution in [0.5, 0.6) is 0 Å². The number of rotatable bonds is 2. The summed E-state index contributed by atoms with van der Waals surface area (Å²) in [6, 6.07) is 0. The molecule has 0 saturated carbocycles. The molecular weight excluding hydrogens is 170 g/mol. The molecular formula is C13H31N. The molecule has 0 aromatic heterocycles. The standard InChI is InChI=1S/C6H12.C3H7N.2C2H6/c1-4-6(3)5-2;1-3-4-2;2*1-2/h4H,5H2,1-3H3;3-4H,1H2,2H3;2*1-2H3/b6-4-;;;. The maximum Gasteiger partial charge on any atom is 0.00275 e. The number of hydrogen-bond donors (Lipinski definition) is 1. The van der Waals surface area contributed by atoms with E-state index in [1.807, 2.05) is 34.7 Å². The third-order valence-electron chi connectivity index (χ3n) is 1.25. The molecule has 0 spiro atoms. The number of nitrogens with one attached hydrogen (secondary N) is 1. The molecule has 1 nitrogen and oxygen atoms in total. The van der Waals surface area contributed by atoms with E-state index in [4.69, 9.17) is 0 Å². The summed E-state index contributed by atoms with van der Waals surface area (Å²) in [5, 5.41) is 2.69. The summed E-state index contributed by atoms with van der Waals surface area (Å²) in [6.07, 6.45) is 4.95. The number of allylic oxidation sites excluding steroid dienone is 2. The summed E-state index contributed by atoms with van der Waals surface area (Å²) in [6.45, 7) is 17.7. The quantitative estimate of drug-likeness (QED) is 0.635. The average molecular weight is 201 g/mol. The van der Waals surface area contributed by atoms with Crippen LogP contribution in [-0.2, 0) is 0 Å². The molecule has 88 valence electrons. The lowest BCUT2D eigenvalue weighted by Gasteiger charge is -1.85. The van der Waals surface area contributed by atoms with Gasteiger partial charge in [-0.25, -0.2) is 0 Å². The van der Waals surface area contributed by atoms with Crippen molar-refractivity contribution in [2.45, 2.75) is 54.9 Å². The second-order valence-electron chi connectivity index (χ2n) is 1.98. The van der Waals surface area contributed by atoms with Gasteiger partial charge in [-0.2, -0.15) is 0 Å². The zero-order valence-electron chi connectivity index (χ0n) is 11.6. The van der Waals surface area contributed by atoms with Crippen molar-refractivity contribution in [1.82, 2.24) is 5.32 Å². The van der Waals surface area contributed by atoms with E-state index < -0.39 is 0 Å². The molecule has 0 unspecified atom stereocenters. The highest BCUT2D eigenvalue weighted by molar-refractivity contribution is 4.93. The van der Waals surface area contributed by atoms with Crippen LogP contribution in [0.3, 0.4) is 0 Å². The normalized spacial score (nSPS) is 7.57. The molecule has 0 rings (SSSR count). The van der Waals surface area contributed by atoms with Gasteiger partial charge in [0.1, 0.15) is 0 Å². The van der Waals surface area contributed by atoms with Gasteiger partial charge in [0.15, 0.2) is 0 Å². The van der Waals surface area contributed by atoms with Gasteiger partial charge in [-0.3, -0.25) is 0 Å². The van der Waals surface area contributed by atoms with Gasteiger partial charge in [-0.05, 0) is 26.5 Å². The zero-order chi connectivity index (χ0) is 12.4. The Balaban J connectivity index is -0.0000000546. The molecule has 0 heterocycles. The molecule has 0 atom stereocenters. The summed E-state index contributed by atoms with van der Waals surface area (Å²) in [4.78, 5) is 0. The monoisotopic (exact) mass is 201 g/mol. The van der Waals surface area contributed by atoms with Crippen molar-refractivity contribution >= 4 is 0 Å². The van der Waals surface area contributed by atoms with Crippen molar-refractivity contribution in [3.63, 3.8) is 0 Å². The van der Waals surface area contributed by atoms with Crippen molar-refractivity contribution in [2.75, 3.05) is 7.05 Å². The third kappa shape index (κ3) is 65.1. The van der Waals surface area contributed by atoms with Gasteiger partial charge < -0.3 is 5.32 Å². The van der Waals surface area contributed by atoms with Gasteiger partial charge in [0, 0.05) is 7.05 Å². The largest absolute Gasteiger partial charge is 0.394 e. The zero-order valence-corrected chi connectivity index (χ0v) is 11.6. The SMILES string of the molecule is C/C=C(/C)CC.C=CNC.CC.CC. The molecule has 0 aromatic carbocycles. The van der Waals surface area contributed by atoms with E-state index in [2.05, 4.69) is 38.7 Å². The van der Waals surface area contributed by atoms with Gasteiger partial charge >= 0.3 is 0 Å². The van der Waals surface area contributed by atoms with Crippen molar-refractivity contribution in [2.24, 2.45) is 0 Å². The van der Waals surface area contributed by atoms with Crippen LogP contribution < -0.4 is 5.32 Å². The van der Waals surface area contributed by atoms with Crippen LogP contribution in [0.1, 0.15) is 54.9 Å². The Morgan fingerprint density at radius 2 is 1.50 bits per heavy atom. The summed E-state index contributed by atoms with van der Waals surface area (Å²) < 4.78 is 0. The van der Waals surface area contributed by atoms with E-state index in [-0.39, 0.29) is 0 Å². The summed E-state index contributed by atoms with van der Waals surface area (Å²) in [5.74, 6) is 0. The lowest BCUT2D eigenvalue weighted by atomic mass is 10.2. The Morgan fingerprint density at radius 3 is 1.50 bits per heavy atom. The van der Waals surface area contributed by atoms with Crippen LogP contribution in [0.15, 0.2) is 24.4 Å². The Kier molecular flexibility index (Phi) is 65.8. The van der Waals surface area contributed by atoms with E-state index in [1.54, 1.807) is 6.20 Å². The molecule has 0 fully saturated rings. The lowest BCUT2D eigenvalue weighted by molar-refractivity contribution is 1.09. The third-order valence-corrected chi connectivity index (χ3v) is 1.25. The van der Waals surface area contributed by atoms with Crippen molar-refractivity contribution < 1.29 is 0 Å². The van der Waals surface area contributed by atoms with Gasteiger partial charge in [-0.1, -0.05) is 52.8 Å². The Labute approximate surface area is 92.3 Å². The van der Waals surface area contributed by atoms with Crippen LogP contribution in [0.2, 0.25) is 0 Å². The van der Waals surface area contributed by atoms with Crippen molar-refractivity contribution in [3.05, 3.63) is 24.4 Å². The highest BCUT2D eigenvalue weighted by Gasteiger charge is 1.73. The predicted octanol–water partition coefficient (Wildman–Crippen LogP) is 4.76. The van der Waals surface area contributed by atoms with E-state index in [0.717, 1.165) is 0 Å². The highest BCUT2D eigenvalue weighted by Crippen LogP contribution is 1.94. The van der Waals surface area contributed by atoms with Gasteiger partial charge in [-0.15, -0.1) is 0 Å². The van der Waals surface area contributed by atoms with Crippen LogP contribution in [0, 0.1) is 0 Å². The minimum Gasteiger partial charge on any atom is -0.394 e. The molecule has 1 heteroatoms. The smallest absolute Gasteiger partial charge is 0.00275 e. The van der Waals surface area contributed by atoms with Gasteiger partial charge in [0.2, 0.25) is 0 Å². The molecule has 0 aliphatic rings. The van der Waals surface area contributed by atoms with Crippen LogP contribution in [-0.4, -0.2) is 7.05 Å². The first-order valence-corrected chi connectivity index (χ1v) is 5.62. The average Bonchev–Trinajstić information content (AvgIpc) is 2.33. The Hall–Kier alpha value is -0.720. The highest BCUT2D eigenvalue weighted by atomic mass is 14.8. The van der Waals surface area contributed by atoms with E-state index in [1.165, 1.54) is 12.0 Å². The van der Waals surface area contributed by atoms with E-state index in [9.17, 15) is 0 Å². The van der Waals surface area contributed by atoms with Crippen molar-refractivity contribution in [1.29, 1.82) is 0 Å². The summed E-state index contributed by atoms with van der Waals surface area (Å²) >= 11 is 0. The first-order valence-electron chi connectivity index (χ1n) is 5.62. The van der Waals surface area contributed by atoms with Crippen molar-refractivity contribution in [3.8, 4) is 0 Å². The Bertz CT molecular complexity index is 93.4. The maximum absolute atomic E-state index is 3.37. The minimum atomic E-state index is 1.19. The molecule has 1 N–H and O–H groups in total. The van der Waals surface area contributed by atoms with Crippen LogP contribution in [0.4, 0.5) is 0 Å². The van der Waals surface area contributed by atoms with Crippen LogP contribution >= 0.6 is 0 Å². The molecule has 0 aliphatic heterocycles. The van der Waals surface area contributed by atoms with Gasteiger partial charge in [0.05, 0.1) is 0 Å². The molecule has 0 aromatic rings. The fourth-order valence-corrected chi connectivity index (χ4v) is 0.204. The van der Waals surface area contributed by atoms with Gasteiger partial charge in [0.25, 0.3) is 0 Å². The van der Waals surface area contributed by atoms with E-state index >= 15 is 0 Å². The van der Waals surface area contributed by atoms with E-state index in [0.29, 0.717) is 0 Å². The topological polar surface area (TPSA) is 12.0 Å². The molecule has 0 saturated heterocycles. The maximum atomic E-state index is 3.37. The van der Waals surface area contributed by atoms with Crippen LogP contribution in [0.25, 0.3) is 0 Å². The fraction of sp³-hybridized carbons (Fsp3) is 0.692. The first-order chi connectivity index (χ1) is 6.72. The first kappa shape index (κ1) is 23.3. The second-order valence-corrected chi connectivity index (χ2v) is 1.98. The Morgan fingerprint density at radius 1 is 1.21 bits per heavy atom. The predicted molar refractivity (Wildman–Crippen MR) is 71.7 cm³/mol. The second kappa shape index (κ2) is 39.6. The summed E-state index contributed by atoms with van der Waals surface area (Å²) in [7, 11) is 1.81. The minimum absolute atomic E-state index is 1.19. The molecule has 0 amide bonds. The lowest BCUT2D eigenvalue weighted by Crippen LogP contribution is -1.87. The molecule has 0 aliphatic carbocycles. The number of hydrogen-bond acceptors (Lipinski definition) is 1. The molecule has 0 radical (unpaired) electrons. The molecule has 14 heavy (non-hydrogen) atoms.